The number of ketones is 1. The molecule has 2 aromatic rings. The van der Waals surface area contributed by atoms with E-state index in [9.17, 15) is 14.7 Å². The maximum atomic E-state index is 13.4. The van der Waals surface area contributed by atoms with Crippen LogP contribution in [0.5, 0.6) is 17.2 Å². The molecule has 37 heavy (non-hydrogen) atoms. The number of likely N-dealkylation sites (N-methyl/N-ethyl adjacent to an activating group) is 1. The topological polar surface area (TPSA) is 88.5 Å². The van der Waals surface area contributed by atoms with Gasteiger partial charge >= 0.3 is 0 Å². The molecule has 4 rings (SSSR count). The second-order valence-corrected chi connectivity index (χ2v) is 9.15. The SMILES string of the molecule is CCCCOc1cccc([C@H]2/C(=C(\O)c3ccc4c(c3)OCCO4)C(=O)C(=O)N2CCN(CC)CC)c1. The normalized spacial score (nSPS) is 18.5. The molecule has 1 atom stereocenters. The van der Waals surface area contributed by atoms with Gasteiger partial charge in [0.15, 0.2) is 11.5 Å². The molecule has 198 valence electrons. The molecule has 0 unspecified atom stereocenters. The Kier molecular flexibility index (Phi) is 8.71. The molecule has 8 heteroatoms. The minimum Gasteiger partial charge on any atom is -0.507 e. The van der Waals surface area contributed by atoms with E-state index in [1.807, 2.05) is 24.3 Å². The Hall–Kier alpha value is -3.52. The predicted octanol–water partition coefficient (Wildman–Crippen LogP) is 4.40. The number of likely N-dealkylation sites (tertiary alicyclic amines) is 1. The Balaban J connectivity index is 1.76. The van der Waals surface area contributed by atoms with E-state index in [-0.39, 0.29) is 11.3 Å². The van der Waals surface area contributed by atoms with Gasteiger partial charge in [0.1, 0.15) is 24.7 Å². The summed E-state index contributed by atoms with van der Waals surface area (Å²) in [4.78, 5) is 30.4. The maximum absolute atomic E-state index is 13.4. The number of ether oxygens (including phenoxy) is 3. The third-order valence-electron chi connectivity index (χ3n) is 6.85. The summed E-state index contributed by atoms with van der Waals surface area (Å²) in [6.45, 7) is 10.3. The maximum Gasteiger partial charge on any atom is 0.295 e. The Morgan fingerprint density at radius 1 is 1.05 bits per heavy atom. The van der Waals surface area contributed by atoms with Gasteiger partial charge in [0.25, 0.3) is 11.7 Å². The van der Waals surface area contributed by atoms with Gasteiger partial charge < -0.3 is 29.1 Å². The van der Waals surface area contributed by atoms with E-state index < -0.39 is 17.7 Å². The van der Waals surface area contributed by atoms with Crippen LogP contribution in [0.25, 0.3) is 5.76 Å². The summed E-state index contributed by atoms with van der Waals surface area (Å²) in [5, 5.41) is 11.4. The number of hydrogen-bond donors (Lipinski definition) is 1. The van der Waals surface area contributed by atoms with E-state index in [0.717, 1.165) is 25.9 Å². The van der Waals surface area contributed by atoms with Gasteiger partial charge in [-0.05, 0) is 55.4 Å². The van der Waals surface area contributed by atoms with Crippen molar-refractivity contribution in [2.24, 2.45) is 0 Å². The quantitative estimate of drug-likeness (QED) is 0.208. The second kappa shape index (κ2) is 12.1. The number of Topliss-reactive ketones (excluding diaryl/α,β-unsaturated/α-hetero) is 1. The first-order valence-electron chi connectivity index (χ1n) is 13.1. The summed E-state index contributed by atoms with van der Waals surface area (Å²) < 4.78 is 17.2. The monoisotopic (exact) mass is 508 g/mol. The number of fused-ring (bicyclic) bond motifs is 1. The highest BCUT2D eigenvalue weighted by Gasteiger charge is 2.46. The minimum absolute atomic E-state index is 0.0620. The Labute approximate surface area is 218 Å². The van der Waals surface area contributed by atoms with Crippen molar-refractivity contribution in [3.63, 3.8) is 0 Å². The zero-order valence-electron chi connectivity index (χ0n) is 21.9. The lowest BCUT2D eigenvalue weighted by Crippen LogP contribution is -2.38. The van der Waals surface area contributed by atoms with Crippen LogP contribution in [-0.2, 0) is 9.59 Å². The average Bonchev–Trinajstić information content (AvgIpc) is 3.18. The Morgan fingerprint density at radius 3 is 2.54 bits per heavy atom. The van der Waals surface area contributed by atoms with E-state index in [4.69, 9.17) is 14.2 Å². The molecule has 2 aromatic carbocycles. The van der Waals surface area contributed by atoms with Gasteiger partial charge in [-0.1, -0.05) is 39.3 Å². The summed E-state index contributed by atoms with van der Waals surface area (Å²) in [6, 6.07) is 11.7. The molecule has 2 aliphatic heterocycles. The molecule has 8 nitrogen and oxygen atoms in total. The summed E-state index contributed by atoms with van der Waals surface area (Å²) in [6.07, 6.45) is 1.94. The number of rotatable bonds is 11. The summed E-state index contributed by atoms with van der Waals surface area (Å²) in [7, 11) is 0. The number of carbonyl (C=O) groups is 2. The molecule has 1 amide bonds. The number of aliphatic hydroxyl groups is 1. The van der Waals surface area contributed by atoms with Crippen molar-refractivity contribution in [1.29, 1.82) is 0 Å². The van der Waals surface area contributed by atoms with Crippen molar-refractivity contribution in [2.45, 2.75) is 39.7 Å². The largest absolute Gasteiger partial charge is 0.507 e. The lowest BCUT2D eigenvalue weighted by molar-refractivity contribution is -0.140. The fourth-order valence-electron chi connectivity index (χ4n) is 4.70. The van der Waals surface area contributed by atoms with E-state index in [2.05, 4.69) is 25.7 Å². The fourth-order valence-corrected chi connectivity index (χ4v) is 4.70. The van der Waals surface area contributed by atoms with Crippen LogP contribution in [-0.4, -0.2) is 72.6 Å². The molecule has 0 aromatic heterocycles. The van der Waals surface area contributed by atoms with Crippen molar-refractivity contribution < 1.29 is 28.9 Å². The summed E-state index contributed by atoms with van der Waals surface area (Å²) >= 11 is 0. The van der Waals surface area contributed by atoms with Crippen LogP contribution in [0.15, 0.2) is 48.0 Å². The van der Waals surface area contributed by atoms with Gasteiger partial charge in [0.05, 0.1) is 18.2 Å². The number of benzene rings is 2. The zero-order chi connectivity index (χ0) is 26.4. The molecule has 0 aliphatic carbocycles. The van der Waals surface area contributed by atoms with Crippen molar-refractivity contribution in [3.05, 3.63) is 59.2 Å². The molecular weight excluding hydrogens is 472 g/mol. The van der Waals surface area contributed by atoms with Gasteiger partial charge in [0, 0.05) is 18.7 Å². The van der Waals surface area contributed by atoms with Crippen LogP contribution in [0.3, 0.4) is 0 Å². The van der Waals surface area contributed by atoms with E-state index >= 15 is 0 Å². The van der Waals surface area contributed by atoms with Crippen LogP contribution >= 0.6 is 0 Å². The van der Waals surface area contributed by atoms with Gasteiger partial charge in [-0.25, -0.2) is 0 Å². The van der Waals surface area contributed by atoms with Crippen LogP contribution in [0, 0.1) is 0 Å². The van der Waals surface area contributed by atoms with Gasteiger partial charge in [-0.15, -0.1) is 0 Å². The lowest BCUT2D eigenvalue weighted by Gasteiger charge is -2.28. The van der Waals surface area contributed by atoms with Crippen molar-refractivity contribution in [1.82, 2.24) is 9.80 Å². The lowest BCUT2D eigenvalue weighted by atomic mass is 9.95. The zero-order valence-corrected chi connectivity index (χ0v) is 21.9. The molecule has 0 spiro atoms. The number of unbranched alkanes of at least 4 members (excludes halogenated alkanes) is 1. The number of hydrogen-bond acceptors (Lipinski definition) is 7. The van der Waals surface area contributed by atoms with Gasteiger partial charge in [-0.2, -0.15) is 0 Å². The van der Waals surface area contributed by atoms with Crippen molar-refractivity contribution in [3.8, 4) is 17.2 Å². The third kappa shape index (κ3) is 5.74. The first kappa shape index (κ1) is 26.5. The number of nitrogens with zero attached hydrogens (tertiary/aromatic N) is 2. The fraction of sp³-hybridized carbons (Fsp3) is 0.448. The molecule has 0 bridgehead atoms. The minimum atomic E-state index is -0.738. The van der Waals surface area contributed by atoms with Crippen molar-refractivity contribution >= 4 is 17.4 Å². The van der Waals surface area contributed by atoms with Crippen molar-refractivity contribution in [2.75, 3.05) is 46.0 Å². The molecule has 2 heterocycles. The molecule has 1 saturated heterocycles. The van der Waals surface area contributed by atoms with Crippen LogP contribution in [0.4, 0.5) is 0 Å². The van der Waals surface area contributed by atoms with Gasteiger partial charge in [-0.3, -0.25) is 9.59 Å². The highest BCUT2D eigenvalue weighted by molar-refractivity contribution is 6.46. The Morgan fingerprint density at radius 2 is 1.81 bits per heavy atom. The third-order valence-corrected chi connectivity index (χ3v) is 6.85. The highest BCUT2D eigenvalue weighted by Crippen LogP contribution is 2.41. The molecule has 0 saturated carbocycles. The first-order chi connectivity index (χ1) is 18.0. The van der Waals surface area contributed by atoms with Gasteiger partial charge in [0.2, 0.25) is 0 Å². The average molecular weight is 509 g/mol. The molecule has 2 aliphatic rings. The molecule has 1 N–H and O–H groups in total. The van der Waals surface area contributed by atoms with Crippen LogP contribution < -0.4 is 14.2 Å². The predicted molar refractivity (Wildman–Crippen MR) is 141 cm³/mol. The molecule has 1 fully saturated rings. The number of amides is 1. The first-order valence-corrected chi connectivity index (χ1v) is 13.1. The number of aliphatic hydroxyl groups excluding tert-OH is 1. The van der Waals surface area contributed by atoms with E-state index in [1.165, 1.54) is 0 Å². The Bertz CT molecular complexity index is 1160. The van der Waals surface area contributed by atoms with Crippen LogP contribution in [0.2, 0.25) is 0 Å². The van der Waals surface area contributed by atoms with Crippen LogP contribution in [0.1, 0.15) is 50.8 Å². The standard InChI is InChI=1S/C29H36N2O6/c1-4-7-15-35-22-10-8-9-20(18-22)26-25(28(33)29(34)31(26)14-13-30(5-2)6-3)27(32)21-11-12-23-24(19-21)37-17-16-36-23/h8-12,18-19,26,32H,4-7,13-17H2,1-3H3/b27-25+/t26-/m0/s1. The summed E-state index contributed by atoms with van der Waals surface area (Å²) in [5.74, 6) is 0.190. The second-order valence-electron chi connectivity index (χ2n) is 9.15. The van der Waals surface area contributed by atoms with E-state index in [0.29, 0.717) is 61.3 Å². The highest BCUT2D eigenvalue weighted by atomic mass is 16.6. The summed E-state index contributed by atoms with van der Waals surface area (Å²) in [5.41, 5.74) is 1.17. The smallest absolute Gasteiger partial charge is 0.295 e. The molecule has 0 radical (unpaired) electrons. The van der Waals surface area contributed by atoms with E-state index in [1.54, 1.807) is 23.1 Å². The number of carbonyl (C=O) groups excluding carboxylic acids is 2. The molecular formula is C29H36N2O6.